The Hall–Kier alpha value is -3.34. The standard InChI is InChI=1S/C22H21NO4/c1-14-5-6-16(11-15(14)2)17-7-9-19(20(12-17)23(24)25)18-8-10-21(26-3)22(13-18)27-4/h5-13H,1-4H3. The zero-order valence-electron chi connectivity index (χ0n) is 15.8. The number of nitrogens with zero attached hydrogens (tertiary/aromatic N) is 1. The Morgan fingerprint density at radius 2 is 1.37 bits per heavy atom. The van der Waals surface area contributed by atoms with Gasteiger partial charge in [-0.15, -0.1) is 0 Å². The molecule has 0 fully saturated rings. The number of ether oxygens (including phenoxy) is 2. The van der Waals surface area contributed by atoms with Crippen LogP contribution in [0.2, 0.25) is 0 Å². The van der Waals surface area contributed by atoms with Crippen LogP contribution in [0.15, 0.2) is 54.6 Å². The van der Waals surface area contributed by atoms with Crippen LogP contribution in [0.25, 0.3) is 22.3 Å². The molecule has 5 heteroatoms. The zero-order valence-corrected chi connectivity index (χ0v) is 15.8. The van der Waals surface area contributed by atoms with Crippen molar-refractivity contribution in [2.75, 3.05) is 14.2 Å². The molecule has 0 amide bonds. The van der Waals surface area contributed by atoms with E-state index in [2.05, 4.69) is 0 Å². The Morgan fingerprint density at radius 3 is 2.00 bits per heavy atom. The van der Waals surface area contributed by atoms with E-state index in [9.17, 15) is 10.1 Å². The highest BCUT2D eigenvalue weighted by molar-refractivity contribution is 5.80. The molecule has 0 aliphatic heterocycles. The molecule has 0 spiro atoms. The van der Waals surface area contributed by atoms with Gasteiger partial charge in [0.2, 0.25) is 0 Å². The summed E-state index contributed by atoms with van der Waals surface area (Å²) in [5.74, 6) is 1.11. The topological polar surface area (TPSA) is 61.6 Å². The van der Waals surface area contributed by atoms with Crippen molar-refractivity contribution in [2.24, 2.45) is 0 Å². The summed E-state index contributed by atoms with van der Waals surface area (Å²) in [4.78, 5) is 11.4. The summed E-state index contributed by atoms with van der Waals surface area (Å²) in [6.07, 6.45) is 0. The second-order valence-corrected chi connectivity index (χ2v) is 6.36. The molecule has 0 N–H and O–H groups in total. The van der Waals surface area contributed by atoms with Crippen molar-refractivity contribution in [3.8, 4) is 33.8 Å². The summed E-state index contributed by atoms with van der Waals surface area (Å²) < 4.78 is 10.6. The normalized spacial score (nSPS) is 10.5. The van der Waals surface area contributed by atoms with Crippen molar-refractivity contribution in [3.63, 3.8) is 0 Å². The van der Waals surface area contributed by atoms with Gasteiger partial charge in [0.05, 0.1) is 24.7 Å². The fourth-order valence-corrected chi connectivity index (χ4v) is 3.03. The van der Waals surface area contributed by atoms with E-state index in [4.69, 9.17) is 9.47 Å². The minimum Gasteiger partial charge on any atom is -0.493 e. The largest absolute Gasteiger partial charge is 0.493 e. The SMILES string of the molecule is COc1ccc(-c2ccc(-c3ccc(C)c(C)c3)cc2[N+](=O)[O-])cc1OC. The number of nitro benzene ring substituents is 1. The average molecular weight is 363 g/mol. The van der Waals surface area contributed by atoms with E-state index in [1.165, 1.54) is 5.56 Å². The molecule has 0 aromatic heterocycles. The van der Waals surface area contributed by atoms with Crippen LogP contribution in [0.4, 0.5) is 5.69 Å². The average Bonchev–Trinajstić information content (AvgIpc) is 2.69. The van der Waals surface area contributed by atoms with Gasteiger partial charge in [0.15, 0.2) is 11.5 Å². The van der Waals surface area contributed by atoms with Gasteiger partial charge in [0.25, 0.3) is 5.69 Å². The van der Waals surface area contributed by atoms with E-state index in [1.807, 2.05) is 38.1 Å². The molecule has 0 bridgehead atoms. The van der Waals surface area contributed by atoms with E-state index in [0.29, 0.717) is 22.6 Å². The smallest absolute Gasteiger partial charge is 0.277 e. The van der Waals surface area contributed by atoms with Crippen molar-refractivity contribution < 1.29 is 14.4 Å². The summed E-state index contributed by atoms with van der Waals surface area (Å²) in [6.45, 7) is 4.08. The monoisotopic (exact) mass is 363 g/mol. The maximum atomic E-state index is 11.7. The second-order valence-electron chi connectivity index (χ2n) is 6.36. The fraction of sp³-hybridized carbons (Fsp3) is 0.182. The Bertz CT molecular complexity index is 1010. The molecule has 0 aliphatic rings. The minimum absolute atomic E-state index is 0.0537. The van der Waals surface area contributed by atoms with Crippen LogP contribution in [0.5, 0.6) is 11.5 Å². The second kappa shape index (κ2) is 7.50. The summed E-state index contributed by atoms with van der Waals surface area (Å²) in [5, 5.41) is 11.7. The molecular weight excluding hydrogens is 342 g/mol. The lowest BCUT2D eigenvalue weighted by Crippen LogP contribution is -1.95. The van der Waals surface area contributed by atoms with Crippen molar-refractivity contribution in [3.05, 3.63) is 75.8 Å². The Kier molecular flexibility index (Phi) is 5.12. The molecule has 3 aromatic carbocycles. The van der Waals surface area contributed by atoms with E-state index in [1.54, 1.807) is 44.6 Å². The molecule has 3 aromatic rings. The molecule has 0 radical (unpaired) electrons. The molecular formula is C22H21NO4. The van der Waals surface area contributed by atoms with Gasteiger partial charge in [0.1, 0.15) is 0 Å². The maximum absolute atomic E-state index is 11.7. The maximum Gasteiger partial charge on any atom is 0.277 e. The quantitative estimate of drug-likeness (QED) is 0.440. The summed E-state index contributed by atoms with van der Waals surface area (Å²) >= 11 is 0. The van der Waals surface area contributed by atoms with E-state index >= 15 is 0 Å². The van der Waals surface area contributed by atoms with Gasteiger partial charge in [-0.05, 0) is 59.9 Å². The highest BCUT2D eigenvalue weighted by Gasteiger charge is 2.18. The first-order valence-electron chi connectivity index (χ1n) is 8.53. The number of aryl methyl sites for hydroxylation is 2. The van der Waals surface area contributed by atoms with Gasteiger partial charge < -0.3 is 9.47 Å². The minimum atomic E-state index is -0.351. The van der Waals surface area contributed by atoms with Gasteiger partial charge >= 0.3 is 0 Å². The van der Waals surface area contributed by atoms with Crippen LogP contribution < -0.4 is 9.47 Å². The number of benzene rings is 3. The van der Waals surface area contributed by atoms with Crippen molar-refractivity contribution in [1.29, 1.82) is 0 Å². The highest BCUT2D eigenvalue weighted by atomic mass is 16.6. The third kappa shape index (κ3) is 3.62. The van der Waals surface area contributed by atoms with E-state index in [-0.39, 0.29) is 10.6 Å². The fourth-order valence-electron chi connectivity index (χ4n) is 3.03. The Balaban J connectivity index is 2.12. The molecule has 0 aliphatic carbocycles. The van der Waals surface area contributed by atoms with Crippen LogP contribution >= 0.6 is 0 Å². The lowest BCUT2D eigenvalue weighted by Gasteiger charge is -2.11. The molecule has 0 heterocycles. The van der Waals surface area contributed by atoms with E-state index in [0.717, 1.165) is 16.7 Å². The first-order valence-corrected chi connectivity index (χ1v) is 8.53. The zero-order chi connectivity index (χ0) is 19.6. The van der Waals surface area contributed by atoms with Gasteiger partial charge in [-0.3, -0.25) is 10.1 Å². The predicted octanol–water partition coefficient (Wildman–Crippen LogP) is 5.56. The Morgan fingerprint density at radius 1 is 0.741 bits per heavy atom. The number of rotatable bonds is 5. The van der Waals surface area contributed by atoms with Gasteiger partial charge in [-0.2, -0.15) is 0 Å². The first-order chi connectivity index (χ1) is 12.9. The number of hydrogen-bond donors (Lipinski definition) is 0. The lowest BCUT2D eigenvalue weighted by atomic mass is 9.96. The number of hydrogen-bond acceptors (Lipinski definition) is 4. The first kappa shape index (κ1) is 18.5. The van der Waals surface area contributed by atoms with Gasteiger partial charge in [-0.1, -0.05) is 30.3 Å². The summed E-state index contributed by atoms with van der Waals surface area (Å²) in [7, 11) is 3.09. The molecule has 138 valence electrons. The molecule has 0 atom stereocenters. The molecule has 5 nitrogen and oxygen atoms in total. The number of nitro groups is 1. The van der Waals surface area contributed by atoms with Crippen molar-refractivity contribution in [1.82, 2.24) is 0 Å². The van der Waals surface area contributed by atoms with Crippen LogP contribution in [-0.4, -0.2) is 19.1 Å². The van der Waals surface area contributed by atoms with Crippen LogP contribution in [0.1, 0.15) is 11.1 Å². The third-order valence-electron chi connectivity index (χ3n) is 4.73. The molecule has 0 saturated heterocycles. The van der Waals surface area contributed by atoms with E-state index < -0.39 is 0 Å². The molecule has 0 saturated carbocycles. The van der Waals surface area contributed by atoms with Crippen LogP contribution in [0.3, 0.4) is 0 Å². The van der Waals surface area contributed by atoms with Crippen LogP contribution in [-0.2, 0) is 0 Å². The number of methoxy groups -OCH3 is 2. The predicted molar refractivity (Wildman–Crippen MR) is 107 cm³/mol. The Labute approximate surface area is 158 Å². The van der Waals surface area contributed by atoms with Crippen molar-refractivity contribution in [2.45, 2.75) is 13.8 Å². The summed E-state index contributed by atoms with van der Waals surface area (Å²) in [5.41, 5.74) is 5.40. The third-order valence-corrected chi connectivity index (χ3v) is 4.73. The molecule has 27 heavy (non-hydrogen) atoms. The summed E-state index contributed by atoms with van der Waals surface area (Å²) in [6, 6.07) is 16.6. The van der Waals surface area contributed by atoms with Crippen molar-refractivity contribution >= 4 is 5.69 Å². The molecule has 0 unspecified atom stereocenters. The van der Waals surface area contributed by atoms with Gasteiger partial charge in [-0.25, -0.2) is 0 Å². The highest BCUT2D eigenvalue weighted by Crippen LogP contribution is 2.38. The van der Waals surface area contributed by atoms with Gasteiger partial charge in [0, 0.05) is 6.07 Å². The molecule has 3 rings (SSSR count). The lowest BCUT2D eigenvalue weighted by molar-refractivity contribution is -0.384. The van der Waals surface area contributed by atoms with Crippen LogP contribution in [0, 0.1) is 24.0 Å².